The van der Waals surface area contributed by atoms with Crippen LogP contribution in [0.5, 0.6) is 0 Å². The predicted molar refractivity (Wildman–Crippen MR) is 29.1 cm³/mol. The van der Waals surface area contributed by atoms with E-state index >= 15 is 0 Å². The fraction of sp³-hybridized carbons (Fsp3) is 1.00. The summed E-state index contributed by atoms with van der Waals surface area (Å²) in [6.07, 6.45) is 0.858. The second kappa shape index (κ2) is 2.44. The Balaban J connectivity index is 2.30. The molecule has 0 bridgehead atoms. The van der Waals surface area contributed by atoms with Crippen LogP contribution < -0.4 is 5.73 Å². The van der Waals surface area contributed by atoms with E-state index in [4.69, 9.17) is 15.2 Å². The second-order valence-electron chi connectivity index (χ2n) is 1.86. The monoisotopic (exact) mass is 117 g/mol. The van der Waals surface area contributed by atoms with Crippen molar-refractivity contribution in [3.8, 4) is 0 Å². The molecule has 1 heterocycles. The van der Waals surface area contributed by atoms with Gasteiger partial charge < -0.3 is 15.2 Å². The van der Waals surface area contributed by atoms with Crippen molar-refractivity contribution in [3.63, 3.8) is 0 Å². The third kappa shape index (κ3) is 0.992. The van der Waals surface area contributed by atoms with Crippen LogP contribution in [0.2, 0.25) is 0 Å². The minimum Gasteiger partial charge on any atom is -0.348 e. The molecule has 0 spiro atoms. The van der Waals surface area contributed by atoms with Crippen LogP contribution in [-0.2, 0) is 9.47 Å². The maximum Gasteiger partial charge on any atom is 0.149 e. The first kappa shape index (κ1) is 6.01. The lowest BCUT2D eigenvalue weighted by molar-refractivity contribution is 0.0389. The van der Waals surface area contributed by atoms with Crippen molar-refractivity contribution in [1.82, 2.24) is 0 Å². The molecule has 2 N–H and O–H groups in total. The van der Waals surface area contributed by atoms with E-state index in [9.17, 15) is 0 Å². The third-order valence-electron chi connectivity index (χ3n) is 1.31. The first-order chi connectivity index (χ1) is 3.84. The molecular weight excluding hydrogens is 106 g/mol. The molecule has 0 amide bonds. The molecule has 0 aliphatic carbocycles. The second-order valence-corrected chi connectivity index (χ2v) is 1.86. The number of ether oxygens (including phenoxy) is 2. The third-order valence-corrected chi connectivity index (χ3v) is 1.31. The Morgan fingerprint density at radius 1 is 1.62 bits per heavy atom. The number of nitrogens with two attached hydrogens (primary N) is 1. The van der Waals surface area contributed by atoms with Crippen LogP contribution in [0.1, 0.15) is 13.3 Å². The van der Waals surface area contributed by atoms with Crippen molar-refractivity contribution in [1.29, 1.82) is 0 Å². The van der Waals surface area contributed by atoms with Gasteiger partial charge in [-0.3, -0.25) is 0 Å². The minimum absolute atomic E-state index is 0.120. The molecule has 0 radical (unpaired) electrons. The summed E-state index contributed by atoms with van der Waals surface area (Å²) in [5.74, 6) is 0. The van der Waals surface area contributed by atoms with Gasteiger partial charge in [0.15, 0.2) is 0 Å². The molecule has 0 saturated carbocycles. The zero-order valence-electron chi connectivity index (χ0n) is 4.96. The Bertz CT molecular complexity index is 76.8. The van der Waals surface area contributed by atoms with Crippen LogP contribution in [0.4, 0.5) is 0 Å². The van der Waals surface area contributed by atoms with Crippen molar-refractivity contribution in [2.75, 3.05) is 6.79 Å². The summed E-state index contributed by atoms with van der Waals surface area (Å²) in [4.78, 5) is 0. The van der Waals surface area contributed by atoms with E-state index in [1.165, 1.54) is 0 Å². The Kier molecular flexibility index (Phi) is 1.83. The van der Waals surface area contributed by atoms with Crippen molar-refractivity contribution in [3.05, 3.63) is 0 Å². The molecule has 8 heavy (non-hydrogen) atoms. The molecular formula is C5H11NO2. The zero-order valence-corrected chi connectivity index (χ0v) is 4.96. The average molecular weight is 117 g/mol. The molecule has 0 aromatic rings. The smallest absolute Gasteiger partial charge is 0.149 e. The normalized spacial score (nSPS) is 38.2. The van der Waals surface area contributed by atoms with Crippen LogP contribution in [0, 0.1) is 0 Å². The number of rotatable bonds is 1. The maximum absolute atomic E-state index is 5.44. The molecule has 1 aliphatic heterocycles. The summed E-state index contributed by atoms with van der Waals surface area (Å²) < 4.78 is 9.98. The van der Waals surface area contributed by atoms with Crippen molar-refractivity contribution < 1.29 is 9.47 Å². The summed E-state index contributed by atoms with van der Waals surface area (Å²) in [5, 5.41) is 0. The summed E-state index contributed by atoms with van der Waals surface area (Å²) in [6, 6.07) is 0. The van der Waals surface area contributed by atoms with Gasteiger partial charge >= 0.3 is 0 Å². The van der Waals surface area contributed by atoms with E-state index < -0.39 is 0 Å². The van der Waals surface area contributed by atoms with Gasteiger partial charge in [-0.25, -0.2) is 0 Å². The molecule has 3 nitrogen and oxygen atoms in total. The molecule has 48 valence electrons. The van der Waals surface area contributed by atoms with Gasteiger partial charge in [0.05, 0.1) is 6.10 Å². The van der Waals surface area contributed by atoms with Gasteiger partial charge in [0, 0.05) is 0 Å². The van der Waals surface area contributed by atoms with E-state index in [-0.39, 0.29) is 12.3 Å². The SMILES string of the molecule is CCC1OCOC1N. The van der Waals surface area contributed by atoms with Gasteiger partial charge in [-0.05, 0) is 6.42 Å². The topological polar surface area (TPSA) is 44.5 Å². The fourth-order valence-corrected chi connectivity index (χ4v) is 0.758. The summed E-state index contributed by atoms with van der Waals surface area (Å²) in [5.41, 5.74) is 5.44. The van der Waals surface area contributed by atoms with Crippen molar-refractivity contribution >= 4 is 0 Å². The lowest BCUT2D eigenvalue weighted by Gasteiger charge is -2.07. The Morgan fingerprint density at radius 3 is 2.62 bits per heavy atom. The quantitative estimate of drug-likeness (QED) is 0.528. The Hall–Kier alpha value is -0.120. The Labute approximate surface area is 48.8 Å². The van der Waals surface area contributed by atoms with Gasteiger partial charge in [-0.1, -0.05) is 6.92 Å². The van der Waals surface area contributed by atoms with Crippen molar-refractivity contribution in [2.24, 2.45) is 5.73 Å². The fourth-order valence-electron chi connectivity index (χ4n) is 0.758. The molecule has 2 atom stereocenters. The largest absolute Gasteiger partial charge is 0.348 e. The first-order valence-corrected chi connectivity index (χ1v) is 2.83. The molecule has 0 aromatic heterocycles. The van der Waals surface area contributed by atoms with E-state index in [2.05, 4.69) is 0 Å². The lowest BCUT2D eigenvalue weighted by atomic mass is 10.2. The van der Waals surface area contributed by atoms with Crippen LogP contribution in [0.15, 0.2) is 0 Å². The summed E-state index contributed by atoms with van der Waals surface area (Å²) in [6.45, 7) is 2.39. The highest BCUT2D eigenvalue weighted by Crippen LogP contribution is 2.10. The predicted octanol–water partition coefficient (Wildman–Crippen LogP) is 0.0541. The minimum atomic E-state index is -0.194. The van der Waals surface area contributed by atoms with Crippen LogP contribution in [0.3, 0.4) is 0 Å². The molecule has 2 unspecified atom stereocenters. The summed E-state index contributed by atoms with van der Waals surface area (Å²) in [7, 11) is 0. The highest BCUT2D eigenvalue weighted by atomic mass is 16.7. The van der Waals surface area contributed by atoms with Crippen LogP contribution in [-0.4, -0.2) is 19.1 Å². The van der Waals surface area contributed by atoms with E-state index in [1.807, 2.05) is 6.92 Å². The van der Waals surface area contributed by atoms with Crippen molar-refractivity contribution in [2.45, 2.75) is 25.7 Å². The highest BCUT2D eigenvalue weighted by molar-refractivity contribution is 4.65. The first-order valence-electron chi connectivity index (χ1n) is 2.83. The van der Waals surface area contributed by atoms with E-state index in [0.29, 0.717) is 6.79 Å². The molecule has 1 fully saturated rings. The van der Waals surface area contributed by atoms with Gasteiger partial charge in [0.25, 0.3) is 0 Å². The number of hydrogen-bond acceptors (Lipinski definition) is 3. The van der Waals surface area contributed by atoms with Gasteiger partial charge in [-0.15, -0.1) is 0 Å². The Morgan fingerprint density at radius 2 is 2.38 bits per heavy atom. The van der Waals surface area contributed by atoms with Crippen LogP contribution >= 0.6 is 0 Å². The van der Waals surface area contributed by atoms with Gasteiger partial charge in [0.1, 0.15) is 13.0 Å². The van der Waals surface area contributed by atoms with E-state index in [1.54, 1.807) is 0 Å². The maximum atomic E-state index is 5.44. The molecule has 1 saturated heterocycles. The van der Waals surface area contributed by atoms with Crippen LogP contribution in [0.25, 0.3) is 0 Å². The molecule has 3 heteroatoms. The zero-order chi connectivity index (χ0) is 5.98. The van der Waals surface area contributed by atoms with Gasteiger partial charge in [-0.2, -0.15) is 0 Å². The van der Waals surface area contributed by atoms with Gasteiger partial charge in [0.2, 0.25) is 0 Å². The van der Waals surface area contributed by atoms with E-state index in [0.717, 1.165) is 6.42 Å². The molecule has 0 aromatic carbocycles. The standard InChI is InChI=1S/C5H11NO2/c1-2-4-5(6)8-3-7-4/h4-5H,2-3,6H2,1H3. The lowest BCUT2D eigenvalue weighted by Crippen LogP contribution is -2.30. The molecule has 1 rings (SSSR count). The summed E-state index contributed by atoms with van der Waals surface area (Å²) >= 11 is 0. The molecule has 1 aliphatic rings. The average Bonchev–Trinajstić information content (AvgIpc) is 2.14. The highest BCUT2D eigenvalue weighted by Gasteiger charge is 2.22. The number of hydrogen-bond donors (Lipinski definition) is 1.